The second-order valence-electron chi connectivity index (χ2n) is 7.31. The van der Waals surface area contributed by atoms with E-state index in [1.165, 1.54) is 6.42 Å². The van der Waals surface area contributed by atoms with E-state index >= 15 is 0 Å². The van der Waals surface area contributed by atoms with Crippen molar-refractivity contribution in [1.82, 2.24) is 10.2 Å². The van der Waals surface area contributed by atoms with Crippen molar-refractivity contribution in [2.75, 3.05) is 11.9 Å². The zero-order valence-electron chi connectivity index (χ0n) is 14.1. The Bertz CT molecular complexity index is 750. The minimum absolute atomic E-state index is 0.102. The number of anilines is 1. The van der Waals surface area contributed by atoms with Crippen LogP contribution < -0.4 is 10.6 Å². The second kappa shape index (κ2) is 6.07. The Morgan fingerprint density at radius 3 is 2.80 bits per heavy atom. The molecule has 4 rings (SSSR count). The Hall–Kier alpha value is -2.55. The fourth-order valence-corrected chi connectivity index (χ4v) is 4.44. The average molecular weight is 338 g/mol. The molecule has 3 aliphatic rings. The highest BCUT2D eigenvalue weighted by molar-refractivity contribution is 6.07. The van der Waals surface area contributed by atoms with Crippen molar-refractivity contribution < 1.29 is 9.59 Å². The molecule has 1 aromatic carbocycles. The van der Waals surface area contributed by atoms with Crippen molar-refractivity contribution in [3.8, 4) is 0 Å². The number of fused-ring (bicyclic) bond motifs is 2. The van der Waals surface area contributed by atoms with Crippen LogP contribution in [0.2, 0.25) is 0 Å². The molecule has 2 atom stereocenters. The Morgan fingerprint density at radius 2 is 2.04 bits per heavy atom. The Balaban J connectivity index is 1.58. The standard InChI is InChI=1S/C19H22N4O2/c1-20-16-11-19(14-9-5-6-10-15(14)22-17(19)24)12-23(16)18(25)21-13-7-3-2-4-8-13/h5-6,9-10,13,16H,2-4,7-8,11-12H2,(H,21,25)(H,22,24)/t16-,19-/m0/s1. The van der Waals surface area contributed by atoms with Gasteiger partial charge in [-0.15, -0.1) is 0 Å². The quantitative estimate of drug-likeness (QED) is 0.773. The van der Waals surface area contributed by atoms with Gasteiger partial charge in [-0.25, -0.2) is 11.4 Å². The van der Waals surface area contributed by atoms with Crippen LogP contribution in [0.4, 0.5) is 10.5 Å². The van der Waals surface area contributed by atoms with Gasteiger partial charge < -0.3 is 10.6 Å². The van der Waals surface area contributed by atoms with Crippen LogP contribution in [0.15, 0.2) is 24.3 Å². The predicted octanol–water partition coefficient (Wildman–Crippen LogP) is 2.87. The number of nitrogens with zero attached hydrogens (tertiary/aromatic N) is 2. The van der Waals surface area contributed by atoms with Gasteiger partial charge in [-0.3, -0.25) is 14.5 Å². The Labute approximate surface area is 147 Å². The van der Waals surface area contributed by atoms with Crippen molar-refractivity contribution in [2.24, 2.45) is 0 Å². The first-order valence-corrected chi connectivity index (χ1v) is 8.99. The molecule has 6 heteroatoms. The predicted molar refractivity (Wildman–Crippen MR) is 93.9 cm³/mol. The van der Waals surface area contributed by atoms with E-state index in [1.54, 1.807) is 4.90 Å². The van der Waals surface area contributed by atoms with Crippen molar-refractivity contribution in [1.29, 1.82) is 0 Å². The van der Waals surface area contributed by atoms with E-state index in [0.29, 0.717) is 6.42 Å². The van der Waals surface area contributed by atoms with Crippen LogP contribution in [0.1, 0.15) is 44.1 Å². The summed E-state index contributed by atoms with van der Waals surface area (Å²) in [6.45, 7) is 7.78. The monoisotopic (exact) mass is 338 g/mol. The zero-order chi connectivity index (χ0) is 17.4. The molecule has 1 saturated carbocycles. The molecule has 0 bridgehead atoms. The van der Waals surface area contributed by atoms with E-state index in [2.05, 4.69) is 15.5 Å². The number of carbonyl (C=O) groups is 2. The third-order valence-corrected chi connectivity index (χ3v) is 5.80. The molecule has 2 aliphatic heterocycles. The first-order valence-electron chi connectivity index (χ1n) is 8.99. The van der Waals surface area contributed by atoms with Gasteiger partial charge in [0.15, 0.2) is 0 Å². The first-order chi connectivity index (χ1) is 12.1. The van der Waals surface area contributed by atoms with Crippen molar-refractivity contribution >= 4 is 17.6 Å². The Morgan fingerprint density at radius 1 is 1.28 bits per heavy atom. The molecule has 130 valence electrons. The van der Waals surface area contributed by atoms with Gasteiger partial charge in [-0.1, -0.05) is 37.5 Å². The second-order valence-corrected chi connectivity index (χ2v) is 7.31. The van der Waals surface area contributed by atoms with Crippen LogP contribution >= 0.6 is 0 Å². The zero-order valence-corrected chi connectivity index (χ0v) is 14.1. The molecule has 2 heterocycles. The minimum atomic E-state index is -0.796. The number of para-hydroxylation sites is 1. The molecule has 2 N–H and O–H groups in total. The number of urea groups is 1. The van der Waals surface area contributed by atoms with Crippen molar-refractivity contribution in [2.45, 2.75) is 56.1 Å². The van der Waals surface area contributed by atoms with Gasteiger partial charge >= 0.3 is 12.2 Å². The number of benzene rings is 1. The van der Waals surface area contributed by atoms with Gasteiger partial charge in [0.05, 0.1) is 6.42 Å². The number of nitrogens with one attached hydrogen (secondary N) is 2. The van der Waals surface area contributed by atoms with Crippen molar-refractivity contribution in [3.05, 3.63) is 41.2 Å². The maximum Gasteiger partial charge on any atom is 0.323 e. The molecule has 1 spiro atoms. The van der Waals surface area contributed by atoms with Crippen LogP contribution in [-0.4, -0.2) is 35.6 Å². The van der Waals surface area contributed by atoms with Crippen molar-refractivity contribution in [3.63, 3.8) is 0 Å². The van der Waals surface area contributed by atoms with E-state index in [-0.39, 0.29) is 24.5 Å². The lowest BCUT2D eigenvalue weighted by Crippen LogP contribution is -2.48. The summed E-state index contributed by atoms with van der Waals surface area (Å²) in [7, 11) is 0. The summed E-state index contributed by atoms with van der Waals surface area (Å²) in [5, 5.41) is 6.00. The molecular weight excluding hydrogens is 316 g/mol. The lowest BCUT2D eigenvalue weighted by atomic mass is 9.80. The number of hydrogen-bond acceptors (Lipinski definition) is 2. The number of hydrogen-bond donors (Lipinski definition) is 2. The number of rotatable bonds is 1. The minimum Gasteiger partial charge on any atom is -0.335 e. The fourth-order valence-electron chi connectivity index (χ4n) is 4.44. The lowest BCUT2D eigenvalue weighted by Gasteiger charge is -2.26. The van der Waals surface area contributed by atoms with Gasteiger partial charge in [0.1, 0.15) is 5.41 Å². The molecular formula is C19H22N4O2. The molecule has 0 radical (unpaired) electrons. The highest BCUT2D eigenvalue weighted by atomic mass is 16.2. The Kier molecular flexibility index (Phi) is 3.87. The normalized spacial score (nSPS) is 28.5. The van der Waals surface area contributed by atoms with Gasteiger partial charge in [-0.2, -0.15) is 0 Å². The molecule has 25 heavy (non-hydrogen) atoms. The maximum absolute atomic E-state index is 12.8. The largest absolute Gasteiger partial charge is 0.335 e. The summed E-state index contributed by atoms with van der Waals surface area (Å²) in [6, 6.07) is 7.57. The van der Waals surface area contributed by atoms with Gasteiger partial charge in [0, 0.05) is 18.3 Å². The molecule has 1 saturated heterocycles. The van der Waals surface area contributed by atoms with Crippen LogP contribution in [0.25, 0.3) is 4.85 Å². The molecule has 0 aromatic heterocycles. The van der Waals surface area contributed by atoms with Crippen LogP contribution in [0.3, 0.4) is 0 Å². The SMILES string of the molecule is [C-]#[N+][C@@H]1C[C@@]2(CN1C(=O)NC1CCCCC1)C(=O)Nc1ccccc12. The topological polar surface area (TPSA) is 65.8 Å². The highest BCUT2D eigenvalue weighted by Gasteiger charge is 2.58. The number of carbonyl (C=O) groups excluding carboxylic acids is 2. The van der Waals surface area contributed by atoms with Crippen LogP contribution in [0, 0.1) is 6.57 Å². The van der Waals surface area contributed by atoms with Crippen LogP contribution in [0.5, 0.6) is 0 Å². The summed E-state index contributed by atoms with van der Waals surface area (Å²) in [5.41, 5.74) is 0.905. The molecule has 2 fully saturated rings. The first kappa shape index (κ1) is 15.9. The third kappa shape index (κ3) is 2.55. The molecule has 6 nitrogen and oxygen atoms in total. The number of amides is 3. The van der Waals surface area contributed by atoms with Gasteiger partial charge in [-0.05, 0) is 24.5 Å². The van der Waals surface area contributed by atoms with E-state index in [1.807, 2.05) is 24.3 Å². The fraction of sp³-hybridized carbons (Fsp3) is 0.526. The van der Waals surface area contributed by atoms with E-state index in [9.17, 15) is 9.59 Å². The smallest absolute Gasteiger partial charge is 0.323 e. The molecule has 3 amide bonds. The summed E-state index contributed by atoms with van der Waals surface area (Å²) in [6.07, 6.45) is 5.25. The van der Waals surface area contributed by atoms with Crippen LogP contribution in [-0.2, 0) is 10.2 Å². The van der Waals surface area contributed by atoms with E-state index < -0.39 is 11.6 Å². The summed E-state index contributed by atoms with van der Waals surface area (Å²) in [5.74, 6) is -0.102. The molecule has 1 aliphatic carbocycles. The summed E-state index contributed by atoms with van der Waals surface area (Å²) >= 11 is 0. The van der Waals surface area contributed by atoms with Gasteiger partial charge in [0.2, 0.25) is 5.91 Å². The summed E-state index contributed by atoms with van der Waals surface area (Å²) < 4.78 is 0. The summed E-state index contributed by atoms with van der Waals surface area (Å²) in [4.78, 5) is 30.7. The number of likely N-dealkylation sites (tertiary alicyclic amines) is 1. The highest BCUT2D eigenvalue weighted by Crippen LogP contribution is 2.46. The third-order valence-electron chi connectivity index (χ3n) is 5.80. The lowest BCUT2D eigenvalue weighted by molar-refractivity contribution is -0.120. The van der Waals surface area contributed by atoms with Gasteiger partial charge in [0.25, 0.3) is 0 Å². The molecule has 0 unspecified atom stereocenters. The maximum atomic E-state index is 12.8. The van der Waals surface area contributed by atoms with E-state index in [4.69, 9.17) is 6.57 Å². The average Bonchev–Trinajstić information content (AvgIpc) is 3.16. The molecule has 1 aromatic rings. The van der Waals surface area contributed by atoms with E-state index in [0.717, 1.165) is 36.9 Å².